The summed E-state index contributed by atoms with van der Waals surface area (Å²) >= 11 is 3.61. The highest BCUT2D eigenvalue weighted by atomic mass is 32.1. The lowest BCUT2D eigenvalue weighted by Crippen LogP contribution is -2.02. The fourth-order valence-electron chi connectivity index (χ4n) is 10.8. The van der Waals surface area contributed by atoms with Gasteiger partial charge in [-0.05, 0) is 99.4 Å². The lowest BCUT2D eigenvalue weighted by molar-refractivity contribution is 1.02. The average Bonchev–Trinajstić information content (AvgIpc) is 4.17. The van der Waals surface area contributed by atoms with Gasteiger partial charge in [0.1, 0.15) is 0 Å². The van der Waals surface area contributed by atoms with Gasteiger partial charge in [0.2, 0.25) is 5.95 Å². The van der Waals surface area contributed by atoms with Gasteiger partial charge in [-0.15, -0.1) is 22.7 Å². The topological polar surface area (TPSA) is 35.6 Å². The molecule has 0 atom stereocenters. The Morgan fingerprint density at radius 1 is 0.368 bits per heavy atom. The summed E-state index contributed by atoms with van der Waals surface area (Å²) in [6.45, 7) is 0. The number of nitrogens with zero attached hydrogens (tertiary/aromatic N) is 4. The molecule has 0 aliphatic rings. The summed E-state index contributed by atoms with van der Waals surface area (Å²) in [5.41, 5.74) is 12.1. The van der Waals surface area contributed by atoms with Gasteiger partial charge < -0.3 is 4.57 Å². The number of aromatic nitrogens is 4. The largest absolute Gasteiger partial charge is 0.309 e. The summed E-state index contributed by atoms with van der Waals surface area (Å²) < 4.78 is 8.40. The SMILES string of the molecule is c1ccc(-c2cc3nc(-n4c5ccc(-c6cccc7c8c9ccccc9ccc8n(-c8ccccc8)c67)cc5c5cc6ccccc6cc54)nc(-c4ccc5sc6ccccc6c5c4)c3s2)cc1. The Kier molecular flexibility index (Phi) is 8.07. The summed E-state index contributed by atoms with van der Waals surface area (Å²) in [6.07, 6.45) is 0. The summed E-state index contributed by atoms with van der Waals surface area (Å²) in [4.78, 5) is 12.3. The van der Waals surface area contributed by atoms with Crippen LogP contribution in [0.3, 0.4) is 0 Å². The first-order valence-corrected chi connectivity index (χ1v) is 24.6. The molecule has 0 unspecified atom stereocenters. The van der Waals surface area contributed by atoms with Crippen LogP contribution in [0.4, 0.5) is 0 Å². The minimum Gasteiger partial charge on any atom is -0.309 e. The molecule has 0 aliphatic heterocycles. The molecule has 4 nitrogen and oxygen atoms in total. The molecule has 68 heavy (non-hydrogen) atoms. The summed E-state index contributed by atoms with van der Waals surface area (Å²) in [7, 11) is 0. The van der Waals surface area contributed by atoms with Gasteiger partial charge in [-0.1, -0.05) is 152 Å². The molecular weight excluding hydrogens is 865 g/mol. The quantitative estimate of drug-likeness (QED) is 0.173. The van der Waals surface area contributed by atoms with Gasteiger partial charge in [0.25, 0.3) is 0 Å². The van der Waals surface area contributed by atoms with E-state index in [1.165, 1.54) is 79.5 Å². The number of fused-ring (bicyclic) bond motifs is 13. The van der Waals surface area contributed by atoms with Gasteiger partial charge in [0, 0.05) is 63.4 Å². The fraction of sp³-hybridized carbons (Fsp3) is 0. The zero-order chi connectivity index (χ0) is 44.5. The van der Waals surface area contributed by atoms with Crippen LogP contribution in [0.2, 0.25) is 0 Å². The van der Waals surface area contributed by atoms with Gasteiger partial charge in [0.15, 0.2) is 0 Å². The van der Waals surface area contributed by atoms with Crippen LogP contribution >= 0.6 is 22.7 Å². The third kappa shape index (κ3) is 5.59. The Morgan fingerprint density at radius 3 is 1.91 bits per heavy atom. The molecule has 0 bridgehead atoms. The van der Waals surface area contributed by atoms with Crippen molar-refractivity contribution in [2.45, 2.75) is 0 Å². The molecule has 10 aromatic carbocycles. The van der Waals surface area contributed by atoms with E-state index in [4.69, 9.17) is 9.97 Å². The van der Waals surface area contributed by atoms with E-state index in [2.05, 4.69) is 228 Å². The number of thiophene rings is 2. The molecule has 316 valence electrons. The van der Waals surface area contributed by atoms with Crippen molar-refractivity contribution in [3.63, 3.8) is 0 Å². The van der Waals surface area contributed by atoms with Crippen LogP contribution in [0.1, 0.15) is 0 Å². The van der Waals surface area contributed by atoms with Gasteiger partial charge in [-0.25, -0.2) is 9.97 Å². The first-order chi connectivity index (χ1) is 33.7. The number of hydrogen-bond donors (Lipinski definition) is 0. The van der Waals surface area contributed by atoms with Crippen LogP contribution in [-0.4, -0.2) is 19.1 Å². The Bertz CT molecular complexity index is 4560. The van der Waals surface area contributed by atoms with Crippen molar-refractivity contribution in [2.75, 3.05) is 0 Å². The Balaban J connectivity index is 1.01. The molecule has 15 rings (SSSR count). The lowest BCUT2D eigenvalue weighted by Gasteiger charge is -2.12. The molecule has 0 saturated heterocycles. The maximum Gasteiger partial charge on any atom is 0.235 e. The predicted octanol–water partition coefficient (Wildman–Crippen LogP) is 17.6. The molecule has 0 amide bonds. The maximum atomic E-state index is 5.65. The number of para-hydroxylation sites is 2. The summed E-state index contributed by atoms with van der Waals surface area (Å²) in [6, 6.07) is 79.7. The zero-order valence-electron chi connectivity index (χ0n) is 36.4. The van der Waals surface area contributed by atoms with Crippen molar-refractivity contribution in [3.05, 3.63) is 218 Å². The van der Waals surface area contributed by atoms with E-state index in [1.54, 1.807) is 11.3 Å². The second-order valence-electron chi connectivity index (χ2n) is 17.7. The lowest BCUT2D eigenvalue weighted by atomic mass is 9.98. The van der Waals surface area contributed by atoms with Gasteiger partial charge in [0.05, 0.1) is 38.0 Å². The van der Waals surface area contributed by atoms with Crippen LogP contribution in [0.25, 0.3) is 140 Å². The second-order valence-corrected chi connectivity index (χ2v) is 19.8. The Morgan fingerprint density at radius 2 is 1.04 bits per heavy atom. The molecule has 0 saturated carbocycles. The smallest absolute Gasteiger partial charge is 0.235 e. The van der Waals surface area contributed by atoms with Crippen molar-refractivity contribution >= 4 is 118 Å². The number of rotatable bonds is 5. The number of hydrogen-bond acceptors (Lipinski definition) is 4. The van der Waals surface area contributed by atoms with Crippen LogP contribution < -0.4 is 0 Å². The van der Waals surface area contributed by atoms with E-state index in [0.717, 1.165) is 54.5 Å². The van der Waals surface area contributed by atoms with Crippen molar-refractivity contribution in [1.82, 2.24) is 19.1 Å². The Labute approximate surface area is 397 Å². The molecule has 0 spiro atoms. The highest BCUT2D eigenvalue weighted by molar-refractivity contribution is 7.25. The monoisotopic (exact) mass is 900 g/mol. The zero-order valence-corrected chi connectivity index (χ0v) is 38.0. The van der Waals surface area contributed by atoms with E-state index >= 15 is 0 Å². The van der Waals surface area contributed by atoms with Crippen molar-refractivity contribution in [1.29, 1.82) is 0 Å². The van der Waals surface area contributed by atoms with Crippen LogP contribution in [0.5, 0.6) is 0 Å². The number of benzene rings is 10. The highest BCUT2D eigenvalue weighted by Gasteiger charge is 2.23. The molecule has 6 heteroatoms. The first-order valence-electron chi connectivity index (χ1n) is 23.0. The molecule has 0 N–H and O–H groups in total. The normalized spacial score (nSPS) is 12.1. The standard InChI is InChI=1S/C62H36N4S2/c1-3-15-38(16-4-1)57-36-51-61(68-57)59(42-28-31-56-50(34-42)46-22-11-12-25-55(46)67-56)64-62(63-51)66-52-29-27-41(33-48(52)49-32-39-17-7-8-18-40(39)35-54(49)66)45-23-13-24-47-58-44-21-10-9-14-37(44)26-30-53(58)65(60(45)47)43-19-5-2-6-20-43/h1-36H. The van der Waals surface area contributed by atoms with Crippen LogP contribution in [0.15, 0.2) is 218 Å². The van der Waals surface area contributed by atoms with Crippen molar-refractivity contribution in [3.8, 4) is 44.5 Å². The molecule has 0 fully saturated rings. The minimum absolute atomic E-state index is 0.654. The van der Waals surface area contributed by atoms with Crippen LogP contribution in [0, 0.1) is 0 Å². The third-order valence-electron chi connectivity index (χ3n) is 13.9. The molecule has 0 aliphatic carbocycles. The molecule has 15 aromatic rings. The summed E-state index contributed by atoms with van der Waals surface area (Å²) in [5, 5.41) is 12.2. The molecular formula is C62H36N4S2. The van der Waals surface area contributed by atoms with E-state index in [-0.39, 0.29) is 0 Å². The van der Waals surface area contributed by atoms with E-state index in [9.17, 15) is 0 Å². The van der Waals surface area contributed by atoms with Gasteiger partial charge in [-0.3, -0.25) is 4.57 Å². The Hall–Kier alpha value is -8.42. The third-order valence-corrected chi connectivity index (χ3v) is 16.2. The van der Waals surface area contributed by atoms with Crippen molar-refractivity contribution in [2.24, 2.45) is 0 Å². The van der Waals surface area contributed by atoms with Crippen LogP contribution in [-0.2, 0) is 0 Å². The highest BCUT2D eigenvalue weighted by Crippen LogP contribution is 2.45. The van der Waals surface area contributed by atoms with E-state index in [1.807, 2.05) is 11.3 Å². The first kappa shape index (κ1) is 37.8. The predicted molar refractivity (Wildman–Crippen MR) is 290 cm³/mol. The van der Waals surface area contributed by atoms with E-state index < -0.39 is 0 Å². The molecule has 5 heterocycles. The van der Waals surface area contributed by atoms with Crippen molar-refractivity contribution < 1.29 is 0 Å². The maximum absolute atomic E-state index is 5.65. The second kappa shape index (κ2) is 14.5. The average molecular weight is 901 g/mol. The molecule has 5 aromatic heterocycles. The fourth-order valence-corrected chi connectivity index (χ4v) is 13.0. The molecule has 0 radical (unpaired) electrons. The van der Waals surface area contributed by atoms with E-state index in [0.29, 0.717) is 5.95 Å². The minimum atomic E-state index is 0.654. The summed E-state index contributed by atoms with van der Waals surface area (Å²) in [5.74, 6) is 0.654. The van der Waals surface area contributed by atoms with Gasteiger partial charge >= 0.3 is 0 Å². The van der Waals surface area contributed by atoms with Gasteiger partial charge in [-0.2, -0.15) is 0 Å².